The van der Waals surface area contributed by atoms with Crippen molar-refractivity contribution in [2.45, 2.75) is 38.3 Å². The first-order valence-electron chi connectivity index (χ1n) is 9.35. The predicted octanol–water partition coefficient (Wildman–Crippen LogP) is 4.68. The number of azide groups is 1. The molecule has 1 unspecified atom stereocenters. The summed E-state index contributed by atoms with van der Waals surface area (Å²) in [6.07, 6.45) is -4.32. The van der Waals surface area contributed by atoms with Gasteiger partial charge in [-0.25, -0.2) is 9.37 Å². The van der Waals surface area contributed by atoms with Gasteiger partial charge in [-0.15, -0.1) is 10.2 Å². The molecule has 3 rings (SSSR count). The third-order valence-electron chi connectivity index (χ3n) is 4.87. The number of aromatic nitrogens is 4. The minimum absolute atomic E-state index is 0.0736. The minimum atomic E-state index is -4.71. The summed E-state index contributed by atoms with van der Waals surface area (Å²) >= 11 is 0. The highest BCUT2D eigenvalue weighted by Gasteiger charge is 2.39. The lowest BCUT2D eigenvalue weighted by Crippen LogP contribution is -2.26. The molecule has 2 aromatic heterocycles. The molecule has 1 atom stereocenters. The Morgan fingerprint density at radius 3 is 2.62 bits per heavy atom. The van der Waals surface area contributed by atoms with Crippen LogP contribution in [0.4, 0.5) is 17.6 Å². The van der Waals surface area contributed by atoms with Gasteiger partial charge in [-0.05, 0) is 44.4 Å². The summed E-state index contributed by atoms with van der Waals surface area (Å²) < 4.78 is 59.4. The molecule has 2 heterocycles. The number of nitrogens with one attached hydrogen (secondary N) is 1. The fourth-order valence-electron chi connectivity index (χ4n) is 3.28. The van der Waals surface area contributed by atoms with Gasteiger partial charge in [0.05, 0.1) is 11.0 Å². The first-order valence-corrected chi connectivity index (χ1v) is 9.35. The second kappa shape index (κ2) is 8.79. The Morgan fingerprint density at radius 2 is 2.00 bits per heavy atom. The second-order valence-electron chi connectivity index (χ2n) is 7.21. The number of hydrogen-bond acceptors (Lipinski definition) is 6. The predicted molar refractivity (Wildman–Crippen MR) is 104 cm³/mol. The molecule has 3 aromatic rings. The number of nitrogens with zero attached hydrogens (tertiary/aromatic N) is 6. The van der Waals surface area contributed by atoms with Crippen molar-refractivity contribution in [3.8, 4) is 11.6 Å². The number of benzene rings is 1. The van der Waals surface area contributed by atoms with Crippen LogP contribution in [-0.4, -0.2) is 26.7 Å². The van der Waals surface area contributed by atoms with Crippen molar-refractivity contribution in [2.75, 3.05) is 6.54 Å². The molecule has 0 saturated heterocycles. The Bertz CT molecular complexity index is 1230. The highest BCUT2D eigenvalue weighted by molar-refractivity contribution is 5.46. The molecule has 1 N–H and O–H groups in total. The average molecular weight is 451 g/mol. The smallest absolute Gasteiger partial charge is 0.416 e. The van der Waals surface area contributed by atoms with E-state index < -0.39 is 28.5 Å². The molecule has 0 aliphatic rings. The van der Waals surface area contributed by atoms with Crippen molar-refractivity contribution in [1.29, 1.82) is 0 Å². The molecule has 9 nitrogen and oxygen atoms in total. The van der Waals surface area contributed by atoms with Gasteiger partial charge in [-0.1, -0.05) is 11.2 Å². The van der Waals surface area contributed by atoms with Gasteiger partial charge in [-0.3, -0.25) is 4.79 Å². The van der Waals surface area contributed by atoms with Crippen molar-refractivity contribution >= 4 is 0 Å². The lowest BCUT2D eigenvalue weighted by molar-refractivity contribution is -0.137. The van der Waals surface area contributed by atoms with Crippen LogP contribution in [0.1, 0.15) is 42.6 Å². The third-order valence-corrected chi connectivity index (χ3v) is 4.87. The SMILES string of the molecule is Cc1nc(-c2nnc(C(C)(CCCN=[N+]=[N-])c3ccc(C(F)(F)F)cc3F)o2)cc(=O)[nH]1. The summed E-state index contributed by atoms with van der Waals surface area (Å²) in [6, 6.07) is 3.33. The average Bonchev–Trinajstić information content (AvgIpc) is 3.20. The molecule has 1 aromatic carbocycles. The van der Waals surface area contributed by atoms with Crippen LogP contribution < -0.4 is 5.56 Å². The summed E-state index contributed by atoms with van der Waals surface area (Å²) in [6.45, 7) is 3.16. The number of H-pyrrole nitrogens is 1. The fraction of sp³-hybridized carbons (Fsp3) is 0.368. The van der Waals surface area contributed by atoms with E-state index in [9.17, 15) is 22.4 Å². The molecule has 0 bridgehead atoms. The Hall–Kier alpha value is -3.73. The van der Waals surface area contributed by atoms with Gasteiger partial charge in [0, 0.05) is 23.1 Å². The van der Waals surface area contributed by atoms with Gasteiger partial charge in [0.25, 0.3) is 11.4 Å². The fourth-order valence-corrected chi connectivity index (χ4v) is 3.28. The molecule has 0 radical (unpaired) electrons. The number of rotatable bonds is 7. The first kappa shape index (κ1) is 22.9. The van der Waals surface area contributed by atoms with Crippen LogP contribution in [0.3, 0.4) is 0 Å². The molecule has 0 saturated carbocycles. The van der Waals surface area contributed by atoms with Crippen molar-refractivity contribution in [3.63, 3.8) is 0 Å². The topological polar surface area (TPSA) is 133 Å². The highest BCUT2D eigenvalue weighted by atomic mass is 19.4. The van der Waals surface area contributed by atoms with Gasteiger partial charge >= 0.3 is 6.18 Å². The minimum Gasteiger partial charge on any atom is -0.418 e. The van der Waals surface area contributed by atoms with Gasteiger partial charge in [-0.2, -0.15) is 13.2 Å². The summed E-state index contributed by atoms with van der Waals surface area (Å²) in [5, 5.41) is 11.3. The largest absolute Gasteiger partial charge is 0.418 e. The van der Waals surface area contributed by atoms with Crippen LogP contribution in [0.15, 0.2) is 38.6 Å². The number of aromatic amines is 1. The van der Waals surface area contributed by atoms with Crippen molar-refractivity contribution in [2.24, 2.45) is 5.11 Å². The van der Waals surface area contributed by atoms with E-state index in [0.717, 1.165) is 18.2 Å². The lowest BCUT2D eigenvalue weighted by Gasteiger charge is -2.27. The molecule has 0 amide bonds. The van der Waals surface area contributed by atoms with Gasteiger partial charge in [0.15, 0.2) is 0 Å². The third kappa shape index (κ3) is 4.78. The number of aryl methyl sites for hydroxylation is 1. The van der Waals surface area contributed by atoms with Crippen LogP contribution in [0, 0.1) is 12.7 Å². The van der Waals surface area contributed by atoms with Gasteiger partial charge in [0.2, 0.25) is 5.89 Å². The molecule has 0 aliphatic heterocycles. The summed E-state index contributed by atoms with van der Waals surface area (Å²) in [5.41, 5.74) is 5.54. The Morgan fingerprint density at radius 1 is 1.25 bits per heavy atom. The summed E-state index contributed by atoms with van der Waals surface area (Å²) in [4.78, 5) is 20.9. The Kier molecular flexibility index (Phi) is 6.30. The zero-order valence-electron chi connectivity index (χ0n) is 16.9. The van der Waals surface area contributed by atoms with Crippen molar-refractivity contribution < 1.29 is 22.0 Å². The second-order valence-corrected chi connectivity index (χ2v) is 7.21. The standard InChI is InChI=1S/C19H17F4N7O2/c1-10-26-14(9-15(31)27-10)16-28-29-17(32-16)18(2,6-3-7-25-30-24)12-5-4-11(8-13(12)20)19(21,22)23/h4-5,8-9H,3,6-7H2,1-2H3,(H,26,27,31). The molecule has 13 heteroatoms. The van der Waals surface area contributed by atoms with E-state index in [1.807, 2.05) is 0 Å². The molecular weight excluding hydrogens is 434 g/mol. The van der Waals surface area contributed by atoms with E-state index in [-0.39, 0.29) is 42.4 Å². The van der Waals surface area contributed by atoms with Gasteiger partial charge in [0.1, 0.15) is 17.3 Å². The number of halogens is 4. The number of hydrogen-bond donors (Lipinski definition) is 1. The van der Waals surface area contributed by atoms with E-state index in [1.54, 1.807) is 6.92 Å². The van der Waals surface area contributed by atoms with E-state index in [0.29, 0.717) is 11.9 Å². The van der Waals surface area contributed by atoms with E-state index in [4.69, 9.17) is 9.95 Å². The quantitative estimate of drug-likeness (QED) is 0.183. The zero-order chi connectivity index (χ0) is 23.5. The molecule has 32 heavy (non-hydrogen) atoms. The highest BCUT2D eigenvalue weighted by Crippen LogP contribution is 2.40. The lowest BCUT2D eigenvalue weighted by atomic mass is 9.77. The van der Waals surface area contributed by atoms with E-state index in [1.165, 1.54) is 6.92 Å². The normalized spacial score (nSPS) is 13.4. The maximum Gasteiger partial charge on any atom is 0.416 e. The Labute approximate surface area is 178 Å². The maximum absolute atomic E-state index is 14.8. The van der Waals surface area contributed by atoms with Gasteiger partial charge < -0.3 is 9.40 Å². The van der Waals surface area contributed by atoms with Crippen LogP contribution in [0.2, 0.25) is 0 Å². The van der Waals surface area contributed by atoms with Crippen LogP contribution in [0.25, 0.3) is 22.0 Å². The summed E-state index contributed by atoms with van der Waals surface area (Å²) in [5.74, 6) is -0.997. The van der Waals surface area contributed by atoms with E-state index >= 15 is 0 Å². The van der Waals surface area contributed by atoms with Crippen LogP contribution in [0.5, 0.6) is 0 Å². The number of alkyl halides is 3. The monoisotopic (exact) mass is 451 g/mol. The molecule has 0 spiro atoms. The zero-order valence-corrected chi connectivity index (χ0v) is 16.9. The van der Waals surface area contributed by atoms with Crippen molar-refractivity contribution in [3.05, 3.63) is 73.7 Å². The van der Waals surface area contributed by atoms with E-state index in [2.05, 4.69) is 30.2 Å². The molecular formula is C19H17F4N7O2. The van der Waals surface area contributed by atoms with Crippen LogP contribution >= 0.6 is 0 Å². The molecule has 168 valence electrons. The van der Waals surface area contributed by atoms with Crippen molar-refractivity contribution in [1.82, 2.24) is 20.2 Å². The molecule has 0 aliphatic carbocycles. The summed E-state index contributed by atoms with van der Waals surface area (Å²) in [7, 11) is 0. The maximum atomic E-state index is 14.8. The molecule has 0 fully saturated rings. The Balaban J connectivity index is 2.07. The first-order chi connectivity index (χ1) is 15.0. The van der Waals surface area contributed by atoms with Crippen LogP contribution in [-0.2, 0) is 11.6 Å².